The Morgan fingerprint density at radius 2 is 2.05 bits per heavy atom. The van der Waals surface area contributed by atoms with Crippen molar-refractivity contribution in [2.24, 2.45) is 4.99 Å². The Kier molecular flexibility index (Phi) is 12.1. The molecule has 20 heavy (non-hydrogen) atoms. The standard InChI is InChI=1S/C14H26N4S.HI/c1-4-6-7-8-9-16-14(15-3)17-10-12-11-19-13(5-2)18-12;/h11H,4-10H2,1-3H3,(H2,15,16,17);1H. The lowest BCUT2D eigenvalue weighted by molar-refractivity contribution is 0.646. The topological polar surface area (TPSA) is 49.3 Å². The van der Waals surface area contributed by atoms with Gasteiger partial charge in [0.2, 0.25) is 0 Å². The first-order valence-electron chi connectivity index (χ1n) is 7.17. The van der Waals surface area contributed by atoms with Gasteiger partial charge in [-0.05, 0) is 12.8 Å². The number of aromatic nitrogens is 1. The molecule has 0 unspecified atom stereocenters. The number of halogens is 1. The molecule has 0 radical (unpaired) electrons. The molecule has 4 nitrogen and oxygen atoms in total. The Hall–Kier alpha value is -0.370. The number of nitrogens with zero attached hydrogens (tertiary/aromatic N) is 2. The minimum Gasteiger partial charge on any atom is -0.356 e. The Morgan fingerprint density at radius 1 is 1.25 bits per heavy atom. The van der Waals surface area contributed by atoms with E-state index in [9.17, 15) is 0 Å². The zero-order chi connectivity index (χ0) is 13.9. The van der Waals surface area contributed by atoms with Crippen molar-refractivity contribution in [2.75, 3.05) is 13.6 Å². The summed E-state index contributed by atoms with van der Waals surface area (Å²) in [5, 5.41) is 9.94. The van der Waals surface area contributed by atoms with Crippen LogP contribution in [0.2, 0.25) is 0 Å². The molecule has 1 heterocycles. The maximum atomic E-state index is 4.53. The summed E-state index contributed by atoms with van der Waals surface area (Å²) in [5.41, 5.74) is 1.09. The summed E-state index contributed by atoms with van der Waals surface area (Å²) in [7, 11) is 1.81. The second-order valence-corrected chi connectivity index (χ2v) is 5.44. The van der Waals surface area contributed by atoms with Crippen molar-refractivity contribution in [2.45, 2.75) is 52.5 Å². The van der Waals surface area contributed by atoms with E-state index in [0.29, 0.717) is 0 Å². The maximum absolute atomic E-state index is 4.53. The molecule has 0 atom stereocenters. The minimum absolute atomic E-state index is 0. The summed E-state index contributed by atoms with van der Waals surface area (Å²) in [6.45, 7) is 6.08. The number of thiazole rings is 1. The molecule has 0 amide bonds. The molecule has 0 spiro atoms. The second-order valence-electron chi connectivity index (χ2n) is 4.50. The molecule has 0 fully saturated rings. The smallest absolute Gasteiger partial charge is 0.191 e. The van der Waals surface area contributed by atoms with E-state index in [1.807, 2.05) is 0 Å². The van der Waals surface area contributed by atoms with Gasteiger partial charge in [0, 0.05) is 19.0 Å². The Morgan fingerprint density at radius 3 is 2.65 bits per heavy atom. The highest BCUT2D eigenvalue weighted by Gasteiger charge is 2.01. The van der Waals surface area contributed by atoms with Crippen LogP contribution in [-0.4, -0.2) is 24.5 Å². The molecule has 0 saturated carbocycles. The van der Waals surface area contributed by atoms with Crippen molar-refractivity contribution >= 4 is 41.3 Å². The predicted octanol–water partition coefficient (Wildman–Crippen LogP) is 3.57. The van der Waals surface area contributed by atoms with Gasteiger partial charge in [0.25, 0.3) is 0 Å². The molecule has 116 valence electrons. The molecule has 0 bridgehead atoms. The molecule has 0 aromatic carbocycles. The fourth-order valence-corrected chi connectivity index (χ4v) is 2.49. The predicted molar refractivity (Wildman–Crippen MR) is 99.3 cm³/mol. The molecule has 1 aromatic rings. The largest absolute Gasteiger partial charge is 0.356 e. The molecular weight excluding hydrogens is 383 g/mol. The van der Waals surface area contributed by atoms with Crippen LogP contribution in [0, 0.1) is 0 Å². The van der Waals surface area contributed by atoms with Crippen LogP contribution in [0.1, 0.15) is 50.2 Å². The van der Waals surface area contributed by atoms with Crippen LogP contribution >= 0.6 is 35.3 Å². The molecule has 6 heteroatoms. The van der Waals surface area contributed by atoms with Crippen LogP contribution in [0.5, 0.6) is 0 Å². The first-order chi connectivity index (χ1) is 9.30. The van der Waals surface area contributed by atoms with Gasteiger partial charge in [0.1, 0.15) is 0 Å². The summed E-state index contributed by atoms with van der Waals surface area (Å²) in [6.07, 6.45) is 6.08. The van der Waals surface area contributed by atoms with Crippen LogP contribution in [0.15, 0.2) is 10.4 Å². The second kappa shape index (κ2) is 12.4. The fourth-order valence-electron chi connectivity index (χ4n) is 1.75. The quantitative estimate of drug-likeness (QED) is 0.298. The van der Waals surface area contributed by atoms with Gasteiger partial charge in [0.15, 0.2) is 5.96 Å². The van der Waals surface area contributed by atoms with Gasteiger partial charge in [-0.3, -0.25) is 4.99 Å². The number of guanidine groups is 1. The molecule has 1 aromatic heterocycles. The van der Waals surface area contributed by atoms with Gasteiger partial charge in [-0.2, -0.15) is 0 Å². The average Bonchev–Trinajstić information content (AvgIpc) is 2.90. The van der Waals surface area contributed by atoms with Crippen molar-refractivity contribution < 1.29 is 0 Å². The van der Waals surface area contributed by atoms with Crippen molar-refractivity contribution in [3.63, 3.8) is 0 Å². The van der Waals surface area contributed by atoms with Crippen LogP contribution in [0.25, 0.3) is 0 Å². The first kappa shape index (κ1) is 19.6. The summed E-state index contributed by atoms with van der Waals surface area (Å²) >= 11 is 1.72. The minimum atomic E-state index is 0. The number of unbranched alkanes of at least 4 members (excludes halogenated alkanes) is 3. The Balaban J connectivity index is 0.00000361. The highest BCUT2D eigenvalue weighted by molar-refractivity contribution is 14.0. The number of rotatable bonds is 8. The van der Waals surface area contributed by atoms with Crippen LogP contribution in [0.3, 0.4) is 0 Å². The lowest BCUT2D eigenvalue weighted by Gasteiger charge is -2.10. The lowest BCUT2D eigenvalue weighted by Crippen LogP contribution is -2.37. The van der Waals surface area contributed by atoms with Crippen LogP contribution in [-0.2, 0) is 13.0 Å². The lowest BCUT2D eigenvalue weighted by atomic mass is 10.2. The summed E-state index contributed by atoms with van der Waals surface area (Å²) in [6, 6.07) is 0. The van der Waals surface area contributed by atoms with Gasteiger partial charge in [0.05, 0.1) is 17.2 Å². The van der Waals surface area contributed by atoms with Crippen molar-refractivity contribution in [3.8, 4) is 0 Å². The van der Waals surface area contributed by atoms with Crippen molar-refractivity contribution in [3.05, 3.63) is 16.1 Å². The van der Waals surface area contributed by atoms with E-state index in [0.717, 1.165) is 31.2 Å². The van der Waals surface area contributed by atoms with Crippen molar-refractivity contribution in [1.82, 2.24) is 15.6 Å². The Labute approximate surface area is 143 Å². The van der Waals surface area contributed by atoms with E-state index in [-0.39, 0.29) is 24.0 Å². The summed E-state index contributed by atoms with van der Waals surface area (Å²) < 4.78 is 0. The highest BCUT2D eigenvalue weighted by atomic mass is 127. The Bertz CT molecular complexity index is 379. The number of hydrogen-bond donors (Lipinski definition) is 2. The zero-order valence-corrected chi connectivity index (χ0v) is 15.9. The van der Waals surface area contributed by atoms with E-state index < -0.39 is 0 Å². The third-order valence-corrected chi connectivity index (χ3v) is 3.93. The summed E-state index contributed by atoms with van der Waals surface area (Å²) in [5.74, 6) is 0.863. The zero-order valence-electron chi connectivity index (χ0n) is 12.7. The molecule has 0 aliphatic heterocycles. The fraction of sp³-hybridized carbons (Fsp3) is 0.714. The van der Waals surface area contributed by atoms with Gasteiger partial charge in [-0.1, -0.05) is 33.1 Å². The van der Waals surface area contributed by atoms with Gasteiger partial charge >= 0.3 is 0 Å². The molecular formula is C14H27IN4S. The molecule has 0 aliphatic rings. The van der Waals surface area contributed by atoms with Gasteiger partial charge in [-0.15, -0.1) is 35.3 Å². The first-order valence-corrected chi connectivity index (χ1v) is 8.05. The van der Waals surface area contributed by atoms with E-state index in [2.05, 4.69) is 39.8 Å². The van der Waals surface area contributed by atoms with Crippen molar-refractivity contribution in [1.29, 1.82) is 0 Å². The number of nitrogens with one attached hydrogen (secondary N) is 2. The third-order valence-electron chi connectivity index (χ3n) is 2.89. The van der Waals surface area contributed by atoms with Crippen LogP contribution in [0.4, 0.5) is 0 Å². The highest BCUT2D eigenvalue weighted by Crippen LogP contribution is 2.09. The molecule has 0 saturated heterocycles. The SMILES string of the molecule is CCCCCCNC(=NC)NCc1csc(CC)n1.I. The number of aryl methyl sites for hydroxylation is 1. The third kappa shape index (κ3) is 8.04. The van der Waals surface area contributed by atoms with E-state index in [4.69, 9.17) is 0 Å². The average molecular weight is 410 g/mol. The van der Waals surface area contributed by atoms with E-state index in [1.165, 1.54) is 30.7 Å². The van der Waals surface area contributed by atoms with E-state index in [1.54, 1.807) is 18.4 Å². The van der Waals surface area contributed by atoms with Crippen LogP contribution < -0.4 is 10.6 Å². The molecule has 0 aliphatic carbocycles. The van der Waals surface area contributed by atoms with Gasteiger partial charge in [-0.25, -0.2) is 4.98 Å². The van der Waals surface area contributed by atoms with Gasteiger partial charge < -0.3 is 10.6 Å². The van der Waals surface area contributed by atoms with E-state index >= 15 is 0 Å². The molecule has 1 rings (SSSR count). The monoisotopic (exact) mass is 410 g/mol. The normalized spacial score (nSPS) is 11.1. The molecule has 2 N–H and O–H groups in total. The maximum Gasteiger partial charge on any atom is 0.191 e. The number of aliphatic imine (C=N–C) groups is 1. The number of hydrogen-bond acceptors (Lipinski definition) is 3. The summed E-state index contributed by atoms with van der Waals surface area (Å²) in [4.78, 5) is 8.75.